The first kappa shape index (κ1) is 27.4. The molecule has 0 saturated carbocycles. The van der Waals surface area contributed by atoms with Gasteiger partial charge in [-0.2, -0.15) is 5.10 Å². The van der Waals surface area contributed by atoms with E-state index in [9.17, 15) is 9.59 Å². The molecule has 1 heterocycles. The lowest BCUT2D eigenvalue weighted by molar-refractivity contribution is -0.143. The smallest absolute Gasteiger partial charge is 0.316 e. The summed E-state index contributed by atoms with van der Waals surface area (Å²) in [7, 11) is 1.84. The highest BCUT2D eigenvalue weighted by Crippen LogP contribution is 2.49. The van der Waals surface area contributed by atoms with Gasteiger partial charge in [0.2, 0.25) is 0 Å². The first-order chi connectivity index (χ1) is 16.6. The van der Waals surface area contributed by atoms with E-state index in [0.717, 1.165) is 29.5 Å². The molecule has 1 aliphatic carbocycles. The zero-order chi connectivity index (χ0) is 27.0. The standard InChI is InChI=1S/C30H40N2O4/c1-18(2)22-12-11-19(3)13-23(22)26-24(35-27(33)29(4,5)6)14-20(21-16-31-32(10)17-21)15-25(26)36-28(34)30(7,8)9/h13-17,22-23H,1,11-12H2,2-10H3/t22-,23+/m0/s1. The molecule has 1 aromatic heterocycles. The normalized spacial score (nSPS) is 18.4. The second-order valence-electron chi connectivity index (χ2n) is 12.1. The number of aryl methyl sites for hydroxylation is 1. The summed E-state index contributed by atoms with van der Waals surface area (Å²) in [5.41, 5.74) is 3.15. The Bertz CT molecular complexity index is 1160. The number of carbonyl (C=O) groups excluding carboxylic acids is 2. The molecule has 0 radical (unpaired) electrons. The maximum absolute atomic E-state index is 13.1. The number of ether oxygens (including phenoxy) is 2. The second-order valence-corrected chi connectivity index (χ2v) is 12.1. The van der Waals surface area contributed by atoms with Gasteiger partial charge >= 0.3 is 11.9 Å². The average Bonchev–Trinajstić information content (AvgIpc) is 3.18. The van der Waals surface area contributed by atoms with Crippen molar-refractivity contribution < 1.29 is 19.1 Å². The molecule has 3 rings (SSSR count). The van der Waals surface area contributed by atoms with Gasteiger partial charge in [-0.25, -0.2) is 0 Å². The summed E-state index contributed by atoms with van der Waals surface area (Å²) < 4.78 is 13.9. The lowest BCUT2D eigenvalue weighted by atomic mass is 9.73. The molecular formula is C30H40N2O4. The van der Waals surface area contributed by atoms with Crippen LogP contribution in [0.5, 0.6) is 11.5 Å². The van der Waals surface area contributed by atoms with Gasteiger partial charge in [-0.15, -0.1) is 0 Å². The van der Waals surface area contributed by atoms with Gasteiger partial charge in [-0.05, 0) is 91.8 Å². The van der Waals surface area contributed by atoms with Gasteiger partial charge in [0.25, 0.3) is 0 Å². The first-order valence-electron chi connectivity index (χ1n) is 12.5. The molecule has 0 spiro atoms. The molecule has 0 N–H and O–H groups in total. The third-order valence-corrected chi connectivity index (χ3v) is 6.49. The molecular weight excluding hydrogens is 452 g/mol. The molecule has 0 fully saturated rings. The third-order valence-electron chi connectivity index (χ3n) is 6.49. The van der Waals surface area contributed by atoms with Gasteiger partial charge in [0.05, 0.1) is 17.0 Å². The van der Waals surface area contributed by atoms with Gasteiger partial charge in [-0.1, -0.05) is 23.8 Å². The van der Waals surface area contributed by atoms with Crippen LogP contribution in [0.15, 0.2) is 48.3 Å². The number of carbonyl (C=O) groups is 2. The van der Waals surface area contributed by atoms with Crippen molar-refractivity contribution in [2.45, 2.75) is 74.1 Å². The molecule has 6 heteroatoms. The Morgan fingerprint density at radius 1 is 1.00 bits per heavy atom. The predicted molar refractivity (Wildman–Crippen MR) is 143 cm³/mol. The van der Waals surface area contributed by atoms with Gasteiger partial charge in [0.1, 0.15) is 11.5 Å². The SMILES string of the molecule is C=C(C)[C@@H]1CCC(C)=C[C@H]1c1c(OC(=O)C(C)(C)C)cc(-c2cnn(C)c2)cc1OC(=O)C(C)(C)C. The van der Waals surface area contributed by atoms with Crippen LogP contribution in [0.3, 0.4) is 0 Å². The van der Waals surface area contributed by atoms with E-state index in [0.29, 0.717) is 17.1 Å². The Labute approximate surface area is 215 Å². The lowest BCUT2D eigenvalue weighted by Crippen LogP contribution is -2.28. The highest BCUT2D eigenvalue weighted by molar-refractivity contribution is 5.82. The number of hydrogen-bond acceptors (Lipinski definition) is 5. The van der Waals surface area contributed by atoms with Crippen molar-refractivity contribution >= 4 is 11.9 Å². The summed E-state index contributed by atoms with van der Waals surface area (Å²) in [5, 5.41) is 4.29. The van der Waals surface area contributed by atoms with Gasteiger partial charge in [0.15, 0.2) is 0 Å². The molecule has 2 atom stereocenters. The number of esters is 2. The maximum Gasteiger partial charge on any atom is 0.316 e. The number of hydrogen-bond donors (Lipinski definition) is 0. The minimum Gasteiger partial charge on any atom is -0.426 e. The molecule has 0 unspecified atom stereocenters. The summed E-state index contributed by atoms with van der Waals surface area (Å²) in [6.45, 7) is 19.3. The Kier molecular flexibility index (Phi) is 7.68. The molecule has 6 nitrogen and oxygen atoms in total. The topological polar surface area (TPSA) is 70.4 Å². The number of aromatic nitrogens is 2. The molecule has 36 heavy (non-hydrogen) atoms. The predicted octanol–water partition coefficient (Wildman–Crippen LogP) is 7.01. The number of benzene rings is 1. The van der Waals surface area contributed by atoms with Gasteiger partial charge in [0, 0.05) is 30.3 Å². The first-order valence-corrected chi connectivity index (χ1v) is 12.5. The van der Waals surface area contributed by atoms with E-state index in [1.807, 2.05) is 73.8 Å². The van der Waals surface area contributed by atoms with Crippen LogP contribution in [-0.2, 0) is 16.6 Å². The zero-order valence-electron chi connectivity index (χ0n) is 23.2. The zero-order valence-corrected chi connectivity index (χ0v) is 23.2. The molecule has 0 aliphatic heterocycles. The molecule has 2 aromatic rings. The summed E-state index contributed by atoms with van der Waals surface area (Å²) >= 11 is 0. The second kappa shape index (κ2) is 10.1. The van der Waals surface area contributed by atoms with E-state index >= 15 is 0 Å². The lowest BCUT2D eigenvalue weighted by Gasteiger charge is -2.33. The van der Waals surface area contributed by atoms with E-state index in [1.54, 1.807) is 10.9 Å². The minimum atomic E-state index is -0.712. The van der Waals surface area contributed by atoms with E-state index in [4.69, 9.17) is 9.47 Å². The van der Waals surface area contributed by atoms with Crippen LogP contribution >= 0.6 is 0 Å². The highest BCUT2D eigenvalue weighted by atomic mass is 16.5. The molecule has 0 bridgehead atoms. The fourth-order valence-corrected chi connectivity index (χ4v) is 4.25. The molecule has 0 saturated heterocycles. The average molecular weight is 493 g/mol. The third kappa shape index (κ3) is 6.15. The number of nitrogens with zero attached hydrogens (tertiary/aromatic N) is 2. The largest absolute Gasteiger partial charge is 0.426 e. The van der Waals surface area contributed by atoms with Crippen LogP contribution in [0.2, 0.25) is 0 Å². The summed E-state index contributed by atoms with van der Waals surface area (Å²) in [4.78, 5) is 26.2. The van der Waals surface area contributed by atoms with Crippen molar-refractivity contribution in [3.63, 3.8) is 0 Å². The molecule has 194 valence electrons. The van der Waals surface area contributed by atoms with Crippen molar-refractivity contribution in [3.8, 4) is 22.6 Å². The minimum absolute atomic E-state index is 0.122. The Balaban J connectivity index is 2.33. The molecule has 1 aromatic carbocycles. The van der Waals surface area contributed by atoms with Crippen LogP contribution in [0.1, 0.15) is 79.7 Å². The number of rotatable bonds is 5. The fraction of sp³-hybridized carbons (Fsp3) is 0.500. The molecule has 0 amide bonds. The summed E-state index contributed by atoms with van der Waals surface area (Å²) in [6, 6.07) is 3.72. The van der Waals surface area contributed by atoms with Crippen molar-refractivity contribution in [2.75, 3.05) is 0 Å². The van der Waals surface area contributed by atoms with E-state index in [-0.39, 0.29) is 23.8 Å². The Hall–Kier alpha value is -3.15. The Morgan fingerprint density at radius 3 is 1.94 bits per heavy atom. The molecule has 1 aliphatic rings. The fourth-order valence-electron chi connectivity index (χ4n) is 4.25. The van der Waals surface area contributed by atoms with Gasteiger partial charge in [-0.3, -0.25) is 14.3 Å². The van der Waals surface area contributed by atoms with Crippen molar-refractivity contribution in [1.29, 1.82) is 0 Å². The van der Waals surface area contributed by atoms with Gasteiger partial charge < -0.3 is 9.47 Å². The highest BCUT2D eigenvalue weighted by Gasteiger charge is 2.35. The monoisotopic (exact) mass is 492 g/mol. The van der Waals surface area contributed by atoms with Crippen molar-refractivity contribution in [3.05, 3.63) is 53.9 Å². The van der Waals surface area contributed by atoms with Crippen molar-refractivity contribution in [2.24, 2.45) is 23.8 Å². The van der Waals surface area contributed by atoms with Crippen LogP contribution in [-0.4, -0.2) is 21.7 Å². The van der Waals surface area contributed by atoms with Crippen LogP contribution in [0.25, 0.3) is 11.1 Å². The maximum atomic E-state index is 13.1. The van der Waals surface area contributed by atoms with Crippen LogP contribution < -0.4 is 9.47 Å². The number of allylic oxidation sites excluding steroid dienone is 3. The van der Waals surface area contributed by atoms with Crippen LogP contribution in [0.4, 0.5) is 0 Å². The van der Waals surface area contributed by atoms with E-state index in [1.165, 1.54) is 5.57 Å². The van der Waals surface area contributed by atoms with Crippen molar-refractivity contribution in [1.82, 2.24) is 9.78 Å². The van der Waals surface area contributed by atoms with E-state index < -0.39 is 10.8 Å². The quantitative estimate of drug-likeness (QED) is 0.255. The van der Waals surface area contributed by atoms with E-state index in [2.05, 4.69) is 24.7 Å². The van der Waals surface area contributed by atoms with Crippen LogP contribution in [0, 0.1) is 16.7 Å². The Morgan fingerprint density at radius 2 is 1.53 bits per heavy atom. The summed E-state index contributed by atoms with van der Waals surface area (Å²) in [5.74, 6) is 0.0550. The summed E-state index contributed by atoms with van der Waals surface area (Å²) in [6.07, 6.45) is 7.70.